The zero-order chi connectivity index (χ0) is 13.7. The second-order valence-corrected chi connectivity index (χ2v) is 4.77. The van der Waals surface area contributed by atoms with Crippen molar-refractivity contribution in [3.05, 3.63) is 34.6 Å². The van der Waals surface area contributed by atoms with E-state index in [1.807, 2.05) is 0 Å². The van der Waals surface area contributed by atoms with E-state index in [0.29, 0.717) is 26.2 Å². The fourth-order valence-corrected chi connectivity index (χ4v) is 2.53. The predicted octanol–water partition coefficient (Wildman–Crippen LogP) is 1.60. The molecule has 0 aliphatic rings. The lowest BCUT2D eigenvalue weighted by molar-refractivity contribution is 0.677. The smallest absolute Gasteiger partial charge is 0.199 e. The molecule has 4 rings (SSSR count). The lowest BCUT2D eigenvalue weighted by Gasteiger charge is -2.04. The summed E-state index contributed by atoms with van der Waals surface area (Å²) in [6.45, 7) is 0. The van der Waals surface area contributed by atoms with Crippen LogP contribution in [0.2, 0.25) is 0 Å². The Morgan fingerprint density at radius 1 is 1.15 bits per heavy atom. The Labute approximate surface area is 121 Å². The quantitative estimate of drug-likeness (QED) is 0.519. The van der Waals surface area contributed by atoms with E-state index in [1.54, 1.807) is 21.9 Å². The molecule has 0 saturated carbocycles. The number of rotatable bonds is 1. The molecule has 0 unspecified atom stereocenters. The third-order valence-corrected chi connectivity index (χ3v) is 3.45. The van der Waals surface area contributed by atoms with Crippen LogP contribution in [-0.2, 0) is 0 Å². The number of aromatic amines is 2. The van der Waals surface area contributed by atoms with E-state index in [4.69, 9.17) is 24.4 Å². The number of fused-ring (bicyclic) bond motifs is 2. The van der Waals surface area contributed by atoms with Crippen LogP contribution in [0.4, 0.5) is 0 Å². The highest BCUT2D eigenvalue weighted by atomic mass is 32.1. The molecule has 4 aromatic rings. The van der Waals surface area contributed by atoms with Gasteiger partial charge in [-0.15, -0.1) is 0 Å². The van der Waals surface area contributed by atoms with Crippen molar-refractivity contribution in [1.29, 1.82) is 0 Å². The maximum Gasteiger partial charge on any atom is 0.199 e. The third-order valence-electron chi connectivity index (χ3n) is 2.88. The highest BCUT2D eigenvalue weighted by Gasteiger charge is 2.11. The maximum absolute atomic E-state index is 5.33. The van der Waals surface area contributed by atoms with Gasteiger partial charge < -0.3 is 9.97 Å². The Morgan fingerprint density at radius 3 is 2.95 bits per heavy atom. The molecule has 0 saturated heterocycles. The van der Waals surface area contributed by atoms with Gasteiger partial charge in [0.25, 0.3) is 0 Å². The lowest BCUT2D eigenvalue weighted by Crippen LogP contribution is -2.09. The largest absolute Gasteiger partial charge is 0.329 e. The molecular formula is C10H6N8S2. The molecule has 8 nitrogen and oxygen atoms in total. The van der Waals surface area contributed by atoms with E-state index in [9.17, 15) is 0 Å². The van der Waals surface area contributed by atoms with Crippen molar-refractivity contribution in [3.63, 3.8) is 0 Å². The van der Waals surface area contributed by atoms with Gasteiger partial charge in [-0.05, 0) is 12.2 Å². The summed E-state index contributed by atoms with van der Waals surface area (Å²) in [4.78, 5) is 22.5. The van der Waals surface area contributed by atoms with Gasteiger partial charge in [-0.2, -0.15) is 4.68 Å². The van der Waals surface area contributed by atoms with Gasteiger partial charge in [-0.25, -0.2) is 24.6 Å². The Kier molecular flexibility index (Phi) is 2.28. The lowest BCUT2D eigenvalue weighted by atomic mass is 10.5. The van der Waals surface area contributed by atoms with Crippen LogP contribution in [0, 0.1) is 9.41 Å². The summed E-state index contributed by atoms with van der Waals surface area (Å²) in [6.07, 6.45) is 6.27. The summed E-state index contributed by atoms with van der Waals surface area (Å²) in [5, 5.41) is 0. The van der Waals surface area contributed by atoms with Crippen LogP contribution in [0.1, 0.15) is 0 Å². The fourth-order valence-electron chi connectivity index (χ4n) is 2.04. The predicted molar refractivity (Wildman–Crippen MR) is 76.2 cm³/mol. The van der Waals surface area contributed by atoms with E-state index in [1.165, 1.54) is 12.7 Å². The van der Waals surface area contributed by atoms with Crippen molar-refractivity contribution in [1.82, 2.24) is 39.3 Å². The van der Waals surface area contributed by atoms with E-state index < -0.39 is 0 Å². The Morgan fingerprint density at radius 2 is 2.05 bits per heavy atom. The van der Waals surface area contributed by atoms with Gasteiger partial charge in [0.15, 0.2) is 20.7 Å². The van der Waals surface area contributed by atoms with Crippen molar-refractivity contribution in [2.24, 2.45) is 0 Å². The fraction of sp³-hybridized carbons (Fsp3) is 0. The molecule has 0 aromatic carbocycles. The van der Waals surface area contributed by atoms with Crippen LogP contribution in [0.25, 0.3) is 22.3 Å². The van der Waals surface area contributed by atoms with Crippen LogP contribution in [0.5, 0.6) is 0 Å². The second kappa shape index (κ2) is 4.02. The Hall–Kier alpha value is -2.46. The number of hydrogen-bond donors (Lipinski definition) is 2. The molecule has 10 heteroatoms. The highest BCUT2D eigenvalue weighted by Crippen LogP contribution is 2.15. The first-order chi connectivity index (χ1) is 9.75. The summed E-state index contributed by atoms with van der Waals surface area (Å²) in [5.41, 5.74) is 2.70. The third kappa shape index (κ3) is 1.45. The highest BCUT2D eigenvalue weighted by molar-refractivity contribution is 7.71. The second-order valence-electron chi connectivity index (χ2n) is 4.00. The molecule has 0 aliphatic carbocycles. The minimum absolute atomic E-state index is 0.429. The number of nitrogens with zero attached hydrogens (tertiary/aromatic N) is 6. The SMILES string of the molecule is S=c1nc[nH]c2c1ncn2-n1c(=S)[nH]c2cncnc21. The van der Waals surface area contributed by atoms with Gasteiger partial charge in [-0.1, -0.05) is 12.2 Å². The molecule has 2 N–H and O–H groups in total. The molecule has 4 aromatic heterocycles. The molecule has 0 fully saturated rings. The minimum atomic E-state index is 0.429. The van der Waals surface area contributed by atoms with Crippen LogP contribution >= 0.6 is 24.4 Å². The van der Waals surface area contributed by atoms with Crippen LogP contribution in [0.15, 0.2) is 25.2 Å². The van der Waals surface area contributed by atoms with Crippen molar-refractivity contribution in [2.75, 3.05) is 0 Å². The van der Waals surface area contributed by atoms with Gasteiger partial charge in [0.2, 0.25) is 0 Å². The van der Waals surface area contributed by atoms with E-state index in [0.717, 1.165) is 5.52 Å². The molecule has 20 heavy (non-hydrogen) atoms. The summed E-state index contributed by atoms with van der Waals surface area (Å²) in [7, 11) is 0. The van der Waals surface area contributed by atoms with Crippen LogP contribution in [-0.4, -0.2) is 39.3 Å². The normalized spacial score (nSPS) is 11.4. The Balaban J connectivity index is 2.17. The molecule has 0 bridgehead atoms. The molecule has 0 amide bonds. The molecule has 98 valence electrons. The minimum Gasteiger partial charge on any atom is -0.329 e. The number of imidazole rings is 2. The maximum atomic E-state index is 5.33. The first-order valence-corrected chi connectivity index (χ1v) is 6.39. The zero-order valence-electron chi connectivity index (χ0n) is 9.81. The van der Waals surface area contributed by atoms with Crippen molar-refractivity contribution < 1.29 is 0 Å². The van der Waals surface area contributed by atoms with Gasteiger partial charge in [0.1, 0.15) is 23.7 Å². The first kappa shape index (κ1) is 11.4. The van der Waals surface area contributed by atoms with Crippen LogP contribution in [0.3, 0.4) is 0 Å². The molecule has 0 spiro atoms. The number of hydrogen-bond acceptors (Lipinski definition) is 6. The van der Waals surface area contributed by atoms with Crippen LogP contribution < -0.4 is 0 Å². The number of aromatic nitrogens is 8. The van der Waals surface area contributed by atoms with Gasteiger partial charge >= 0.3 is 0 Å². The monoisotopic (exact) mass is 302 g/mol. The van der Waals surface area contributed by atoms with E-state index in [2.05, 4.69) is 29.9 Å². The number of H-pyrrole nitrogens is 2. The van der Waals surface area contributed by atoms with E-state index >= 15 is 0 Å². The summed E-state index contributed by atoms with van der Waals surface area (Å²) in [6, 6.07) is 0. The number of nitrogens with one attached hydrogen (secondary N) is 2. The van der Waals surface area contributed by atoms with Gasteiger partial charge in [0.05, 0.1) is 12.5 Å². The Bertz CT molecular complexity index is 1050. The molecule has 4 heterocycles. The summed E-state index contributed by atoms with van der Waals surface area (Å²) < 4.78 is 4.36. The topological polar surface area (TPSA) is 93.0 Å². The average molecular weight is 302 g/mol. The molecule has 0 aliphatic heterocycles. The summed E-state index contributed by atoms with van der Waals surface area (Å²) in [5.74, 6) is 0. The first-order valence-electron chi connectivity index (χ1n) is 5.58. The van der Waals surface area contributed by atoms with E-state index in [-0.39, 0.29) is 0 Å². The molecular weight excluding hydrogens is 296 g/mol. The zero-order valence-corrected chi connectivity index (χ0v) is 11.4. The van der Waals surface area contributed by atoms with Crippen molar-refractivity contribution in [3.8, 4) is 0 Å². The standard InChI is InChI=1S/C10H6N8S2/c19-9-6-8(13-3-14-9)17(4-15-6)18-7-5(16-10(18)20)1-11-2-12-7/h1-4H,(H,16,20)(H,13,14,19). The van der Waals surface area contributed by atoms with Gasteiger partial charge in [-0.3, -0.25) is 0 Å². The molecule has 0 atom stereocenters. The van der Waals surface area contributed by atoms with Crippen molar-refractivity contribution >= 4 is 46.8 Å². The molecule has 0 radical (unpaired) electrons. The summed E-state index contributed by atoms with van der Waals surface area (Å²) >= 11 is 10.5. The average Bonchev–Trinajstić information content (AvgIpc) is 2.99. The van der Waals surface area contributed by atoms with Crippen molar-refractivity contribution in [2.45, 2.75) is 0 Å². The van der Waals surface area contributed by atoms with Gasteiger partial charge in [0, 0.05) is 0 Å².